The SMILES string of the molecule is COCCCOP([O-])(=S)OC. The van der Waals surface area contributed by atoms with E-state index in [1.165, 1.54) is 7.11 Å². The highest BCUT2D eigenvalue weighted by Gasteiger charge is 1.98. The molecule has 4 nitrogen and oxygen atoms in total. The molecular weight excluding hydrogens is 187 g/mol. The van der Waals surface area contributed by atoms with Crippen molar-refractivity contribution in [2.24, 2.45) is 0 Å². The van der Waals surface area contributed by atoms with Gasteiger partial charge in [-0.25, -0.2) is 0 Å². The van der Waals surface area contributed by atoms with Crippen molar-refractivity contribution in [2.75, 3.05) is 27.4 Å². The molecule has 0 amide bonds. The molecule has 0 saturated heterocycles. The fourth-order valence-electron chi connectivity index (χ4n) is 0.432. The predicted molar refractivity (Wildman–Crippen MR) is 43.7 cm³/mol. The number of ether oxygens (including phenoxy) is 1. The Morgan fingerprint density at radius 2 is 2.00 bits per heavy atom. The van der Waals surface area contributed by atoms with Crippen LogP contribution < -0.4 is 4.89 Å². The minimum absolute atomic E-state index is 0.308. The van der Waals surface area contributed by atoms with Crippen molar-refractivity contribution in [1.29, 1.82) is 0 Å². The van der Waals surface area contributed by atoms with Crippen LogP contribution in [0.5, 0.6) is 0 Å². The maximum absolute atomic E-state index is 10.9. The normalized spacial score (nSPS) is 16.3. The van der Waals surface area contributed by atoms with E-state index in [9.17, 15) is 4.89 Å². The third-order valence-electron chi connectivity index (χ3n) is 0.966. The predicted octanol–water partition coefficient (Wildman–Crippen LogP) is 0.271. The van der Waals surface area contributed by atoms with Gasteiger partial charge in [0, 0.05) is 20.8 Å². The molecule has 0 fully saturated rings. The van der Waals surface area contributed by atoms with Gasteiger partial charge in [0.05, 0.1) is 6.61 Å². The Morgan fingerprint density at radius 3 is 2.45 bits per heavy atom. The highest BCUT2D eigenvalue weighted by atomic mass is 32.5. The zero-order valence-electron chi connectivity index (χ0n) is 6.61. The van der Waals surface area contributed by atoms with Gasteiger partial charge < -0.3 is 18.7 Å². The van der Waals surface area contributed by atoms with Gasteiger partial charge in [0.1, 0.15) is 6.72 Å². The van der Waals surface area contributed by atoms with Crippen molar-refractivity contribution >= 4 is 18.5 Å². The maximum Gasteiger partial charge on any atom is 0.115 e. The van der Waals surface area contributed by atoms with Gasteiger partial charge >= 0.3 is 0 Å². The van der Waals surface area contributed by atoms with Gasteiger partial charge in [-0.1, -0.05) is 11.8 Å². The van der Waals surface area contributed by atoms with E-state index in [0.717, 1.165) is 0 Å². The van der Waals surface area contributed by atoms with Crippen LogP contribution >= 0.6 is 6.72 Å². The van der Waals surface area contributed by atoms with Crippen LogP contribution in [0.15, 0.2) is 0 Å². The zero-order chi connectivity index (χ0) is 8.74. The molecule has 1 atom stereocenters. The lowest BCUT2D eigenvalue weighted by Crippen LogP contribution is -2.07. The Kier molecular flexibility index (Phi) is 6.33. The molecule has 11 heavy (non-hydrogen) atoms. The second kappa shape index (κ2) is 6.06. The van der Waals surface area contributed by atoms with E-state index in [1.807, 2.05) is 0 Å². The molecule has 0 aliphatic rings. The van der Waals surface area contributed by atoms with Gasteiger partial charge in [0.25, 0.3) is 0 Å². The summed E-state index contributed by atoms with van der Waals surface area (Å²) in [5.41, 5.74) is 0. The number of methoxy groups -OCH3 is 1. The Balaban J connectivity index is 3.31. The van der Waals surface area contributed by atoms with Crippen LogP contribution in [0.2, 0.25) is 0 Å². The first-order chi connectivity index (χ1) is 5.12. The largest absolute Gasteiger partial charge is 0.780 e. The molecule has 0 heterocycles. The molecule has 0 aromatic heterocycles. The fraction of sp³-hybridized carbons (Fsp3) is 1.00. The second-order valence-corrected chi connectivity index (χ2v) is 4.67. The highest BCUT2D eigenvalue weighted by molar-refractivity contribution is 8.06. The van der Waals surface area contributed by atoms with Gasteiger partial charge in [-0.2, -0.15) is 0 Å². The summed E-state index contributed by atoms with van der Waals surface area (Å²) >= 11 is 4.46. The van der Waals surface area contributed by atoms with Crippen LogP contribution in [0.25, 0.3) is 0 Å². The Morgan fingerprint density at radius 1 is 1.36 bits per heavy atom. The molecule has 0 spiro atoms. The molecule has 0 saturated carbocycles. The molecular formula is C5H12O4PS-. The number of rotatable bonds is 6. The summed E-state index contributed by atoms with van der Waals surface area (Å²) in [5.74, 6) is 0. The van der Waals surface area contributed by atoms with Crippen LogP contribution in [0, 0.1) is 0 Å². The first kappa shape index (κ1) is 11.5. The average molecular weight is 199 g/mol. The third kappa shape index (κ3) is 6.87. The lowest BCUT2D eigenvalue weighted by atomic mass is 10.5. The van der Waals surface area contributed by atoms with Gasteiger partial charge in [0.15, 0.2) is 0 Å². The van der Waals surface area contributed by atoms with Crippen LogP contribution in [-0.4, -0.2) is 27.4 Å². The number of hydrogen-bond donors (Lipinski definition) is 0. The van der Waals surface area contributed by atoms with E-state index in [2.05, 4.69) is 16.3 Å². The van der Waals surface area contributed by atoms with Crippen LogP contribution in [-0.2, 0) is 25.6 Å². The van der Waals surface area contributed by atoms with E-state index in [0.29, 0.717) is 19.6 Å². The van der Waals surface area contributed by atoms with Gasteiger partial charge in [-0.15, -0.1) is 0 Å². The standard InChI is InChI=1S/C5H13O4PS/c1-7-4-3-5-9-10(6,11)8-2/h3-5H2,1-2H3,(H,6,11)/p-1. The molecule has 0 aromatic rings. The first-order valence-corrected chi connectivity index (χ1v) is 5.68. The zero-order valence-corrected chi connectivity index (χ0v) is 8.32. The molecule has 0 aliphatic carbocycles. The van der Waals surface area contributed by atoms with Crippen molar-refractivity contribution in [1.82, 2.24) is 0 Å². The van der Waals surface area contributed by atoms with E-state index >= 15 is 0 Å². The summed E-state index contributed by atoms with van der Waals surface area (Å²) in [5, 5.41) is 0. The van der Waals surface area contributed by atoms with Gasteiger partial charge in [-0.3, -0.25) is 0 Å². The molecule has 0 radical (unpaired) electrons. The summed E-state index contributed by atoms with van der Waals surface area (Å²) in [6, 6.07) is 0. The van der Waals surface area contributed by atoms with Crippen molar-refractivity contribution in [3.8, 4) is 0 Å². The van der Waals surface area contributed by atoms with Crippen molar-refractivity contribution in [2.45, 2.75) is 6.42 Å². The van der Waals surface area contributed by atoms with Gasteiger partial charge in [-0.05, 0) is 6.42 Å². The third-order valence-corrected chi connectivity index (χ3v) is 2.68. The monoisotopic (exact) mass is 199 g/mol. The molecule has 0 aliphatic heterocycles. The average Bonchev–Trinajstić information content (AvgIpc) is 1.99. The second-order valence-electron chi connectivity index (χ2n) is 1.81. The van der Waals surface area contributed by atoms with Crippen LogP contribution in [0.4, 0.5) is 0 Å². The van der Waals surface area contributed by atoms with Crippen molar-refractivity contribution < 1.29 is 18.7 Å². The van der Waals surface area contributed by atoms with E-state index < -0.39 is 6.72 Å². The van der Waals surface area contributed by atoms with E-state index in [4.69, 9.17) is 9.26 Å². The lowest BCUT2D eigenvalue weighted by Gasteiger charge is -2.24. The van der Waals surface area contributed by atoms with E-state index in [-0.39, 0.29) is 0 Å². The molecule has 0 N–H and O–H groups in total. The van der Waals surface area contributed by atoms with E-state index in [1.54, 1.807) is 7.11 Å². The van der Waals surface area contributed by atoms with Gasteiger partial charge in [0.2, 0.25) is 0 Å². The highest BCUT2D eigenvalue weighted by Crippen LogP contribution is 2.37. The summed E-state index contributed by atoms with van der Waals surface area (Å²) in [6.07, 6.45) is 0.667. The quantitative estimate of drug-likeness (QED) is 0.454. The summed E-state index contributed by atoms with van der Waals surface area (Å²) < 4.78 is 13.9. The minimum atomic E-state index is -3.19. The molecule has 0 rings (SSSR count). The van der Waals surface area contributed by atoms with Crippen molar-refractivity contribution in [3.05, 3.63) is 0 Å². The van der Waals surface area contributed by atoms with Crippen LogP contribution in [0.3, 0.4) is 0 Å². The fourth-order valence-corrected chi connectivity index (χ4v) is 1.11. The first-order valence-electron chi connectivity index (χ1n) is 3.12. The molecule has 0 aromatic carbocycles. The Bertz CT molecular complexity index is 140. The summed E-state index contributed by atoms with van der Waals surface area (Å²) in [6.45, 7) is -2.31. The topological polar surface area (TPSA) is 50.8 Å². The van der Waals surface area contributed by atoms with Crippen molar-refractivity contribution in [3.63, 3.8) is 0 Å². The summed E-state index contributed by atoms with van der Waals surface area (Å²) in [7, 11) is 2.85. The molecule has 0 bridgehead atoms. The molecule has 68 valence electrons. The molecule has 1 unspecified atom stereocenters. The van der Waals surface area contributed by atoms with Crippen LogP contribution in [0.1, 0.15) is 6.42 Å². The Hall–Kier alpha value is 0.490. The summed E-state index contributed by atoms with van der Waals surface area (Å²) in [4.78, 5) is 10.9. The minimum Gasteiger partial charge on any atom is -0.780 e. The lowest BCUT2D eigenvalue weighted by molar-refractivity contribution is -0.204. The maximum atomic E-state index is 10.9. The molecule has 6 heteroatoms. The number of hydrogen-bond acceptors (Lipinski definition) is 5. The smallest absolute Gasteiger partial charge is 0.115 e. The Labute approximate surface area is 71.7 Å².